The predicted molar refractivity (Wildman–Crippen MR) is 97.6 cm³/mol. The van der Waals surface area contributed by atoms with Crippen LogP contribution in [0.3, 0.4) is 0 Å². The number of hydrogen-bond acceptors (Lipinski definition) is 5. The number of nitrogens with zero attached hydrogens (tertiary/aromatic N) is 1. The first-order chi connectivity index (χ1) is 11.2. The molecule has 2 heterocycles. The molecule has 2 aliphatic rings. The van der Waals surface area contributed by atoms with E-state index >= 15 is 0 Å². The molecule has 0 radical (unpaired) electrons. The number of carbonyl (C=O) groups excluding carboxylic acids is 2. The number of aliphatic carboxylic acids is 1. The molecule has 4 N–H and O–H groups in total. The summed E-state index contributed by atoms with van der Waals surface area (Å²) in [5.41, 5.74) is 6.59. The van der Waals surface area contributed by atoms with Gasteiger partial charge in [-0.3, -0.25) is 9.59 Å². The molecule has 25 heavy (non-hydrogen) atoms. The van der Waals surface area contributed by atoms with Gasteiger partial charge in [-0.1, -0.05) is 30.3 Å². The number of hydrogen-bond donors (Lipinski definition) is 3. The number of rotatable bonds is 4. The molecule has 0 spiro atoms. The predicted octanol–water partition coefficient (Wildman–Crippen LogP) is -0.598. The molecule has 7 nitrogen and oxygen atoms in total. The normalized spacial score (nSPS) is 27.6. The van der Waals surface area contributed by atoms with Gasteiger partial charge in [0.25, 0.3) is 0 Å². The van der Waals surface area contributed by atoms with Gasteiger partial charge in [0.2, 0.25) is 11.8 Å². The third kappa shape index (κ3) is 3.55. The molecule has 132 valence electrons. The van der Waals surface area contributed by atoms with Crippen molar-refractivity contribution in [3.8, 4) is 0 Å². The molecule has 4 atom stereocenters. The molecule has 2 amide bonds. The Morgan fingerprint density at radius 1 is 1.32 bits per heavy atom. The maximum atomic E-state index is 12.3. The number of thioether (sulfide) groups is 1. The van der Waals surface area contributed by atoms with Gasteiger partial charge in [0.1, 0.15) is 23.5 Å². The van der Waals surface area contributed by atoms with Gasteiger partial charge in [-0.2, -0.15) is 0 Å². The summed E-state index contributed by atoms with van der Waals surface area (Å²) in [5, 5.41) is 11.7. The minimum absolute atomic E-state index is 0. The number of nitrogens with one attached hydrogen (secondary N) is 1. The van der Waals surface area contributed by atoms with Crippen molar-refractivity contribution in [1.29, 1.82) is 0 Å². The Hall–Kier alpha value is -0.800. The summed E-state index contributed by atoms with van der Waals surface area (Å²) in [7, 11) is 0. The standard InChI is InChI=1S/C16H19N3O4S.Ca.2H/c1-16(2)11(15(22)23)19-13(21)10(14(19)24-16)18-12(20)9(17)8-6-4-3-5-7-8;;;/h3-7,9-11,14H,17H2,1-2H3,(H,18,20)(H,22,23);;;/t9-,10-,11+,14-;;;/m1.../s1. The van der Waals surface area contributed by atoms with Crippen LogP contribution >= 0.6 is 11.8 Å². The molecular formula is C16H21CaN3O4S. The number of carboxylic acids is 1. The summed E-state index contributed by atoms with van der Waals surface area (Å²) >= 11 is 1.38. The Morgan fingerprint density at radius 2 is 1.92 bits per heavy atom. The molecule has 9 heteroatoms. The molecule has 0 aliphatic carbocycles. The summed E-state index contributed by atoms with van der Waals surface area (Å²) in [6, 6.07) is 6.38. The molecule has 3 rings (SSSR count). The van der Waals surface area contributed by atoms with Gasteiger partial charge in [-0.05, 0) is 19.4 Å². The van der Waals surface area contributed by atoms with E-state index in [0.29, 0.717) is 5.56 Å². The van der Waals surface area contributed by atoms with Crippen molar-refractivity contribution in [3.63, 3.8) is 0 Å². The van der Waals surface area contributed by atoms with Crippen molar-refractivity contribution < 1.29 is 19.5 Å². The molecular weight excluding hydrogens is 370 g/mol. The monoisotopic (exact) mass is 391 g/mol. The molecule has 0 aromatic heterocycles. The maximum absolute atomic E-state index is 12.3. The summed E-state index contributed by atoms with van der Waals surface area (Å²) in [5.74, 6) is -1.86. The van der Waals surface area contributed by atoms with E-state index in [-0.39, 0.29) is 49.0 Å². The van der Waals surface area contributed by atoms with Crippen LogP contribution in [0, 0.1) is 0 Å². The molecule has 2 aliphatic heterocycles. The van der Waals surface area contributed by atoms with Gasteiger partial charge in [0.15, 0.2) is 0 Å². The van der Waals surface area contributed by atoms with Crippen molar-refractivity contribution >= 4 is 67.3 Å². The second kappa shape index (κ2) is 7.44. The first-order valence-corrected chi connectivity index (χ1v) is 8.45. The van der Waals surface area contributed by atoms with Crippen LogP contribution in [0.1, 0.15) is 25.5 Å². The Labute approximate surface area is 179 Å². The summed E-state index contributed by atoms with van der Waals surface area (Å²) < 4.78 is -0.618. The number of benzene rings is 1. The van der Waals surface area contributed by atoms with E-state index in [1.54, 1.807) is 38.1 Å². The van der Waals surface area contributed by atoms with Gasteiger partial charge in [0.05, 0.1) is 0 Å². The zero-order valence-electron chi connectivity index (χ0n) is 13.3. The third-order valence-electron chi connectivity index (χ3n) is 4.41. The van der Waals surface area contributed by atoms with E-state index in [1.807, 2.05) is 6.07 Å². The molecule has 1 aromatic carbocycles. The van der Waals surface area contributed by atoms with Crippen molar-refractivity contribution in [3.05, 3.63) is 35.9 Å². The number of fused-ring (bicyclic) bond motifs is 1. The van der Waals surface area contributed by atoms with Crippen LogP contribution in [0.4, 0.5) is 0 Å². The average molecular weight is 392 g/mol. The Kier molecular flexibility index (Phi) is 6.10. The van der Waals surface area contributed by atoms with E-state index in [2.05, 4.69) is 5.32 Å². The fourth-order valence-electron chi connectivity index (χ4n) is 3.20. The number of amides is 2. The molecule has 1 aromatic rings. The van der Waals surface area contributed by atoms with E-state index in [1.165, 1.54) is 16.7 Å². The number of nitrogens with two attached hydrogens (primary N) is 1. The number of carbonyl (C=O) groups is 3. The van der Waals surface area contributed by atoms with Crippen LogP contribution in [0.5, 0.6) is 0 Å². The SMILES string of the molecule is CC1(C)S[C@@H]2[C@H](NC(=O)[C@H](N)c3ccccc3)C(=O)N2[C@H]1C(=O)O.[CaH2]. The second-order valence-electron chi connectivity index (χ2n) is 6.47. The van der Waals surface area contributed by atoms with Crippen molar-refractivity contribution in [2.75, 3.05) is 0 Å². The molecule has 2 saturated heterocycles. The minimum atomic E-state index is -1.03. The molecule has 0 saturated carbocycles. The summed E-state index contributed by atoms with van der Waals surface area (Å²) in [6.45, 7) is 3.58. The van der Waals surface area contributed by atoms with E-state index in [4.69, 9.17) is 5.73 Å². The first-order valence-electron chi connectivity index (χ1n) is 7.58. The quantitative estimate of drug-likeness (QED) is 0.467. The topological polar surface area (TPSA) is 113 Å². The number of carboxylic acid groups (broad SMARTS) is 1. The van der Waals surface area contributed by atoms with Crippen LogP contribution < -0.4 is 11.1 Å². The van der Waals surface area contributed by atoms with Crippen LogP contribution in [0.2, 0.25) is 0 Å². The van der Waals surface area contributed by atoms with E-state index < -0.39 is 34.7 Å². The molecule has 0 bridgehead atoms. The van der Waals surface area contributed by atoms with Gasteiger partial charge < -0.3 is 21.1 Å². The van der Waals surface area contributed by atoms with Gasteiger partial charge in [-0.15, -0.1) is 11.8 Å². The third-order valence-corrected chi connectivity index (χ3v) is 5.99. The summed E-state index contributed by atoms with van der Waals surface area (Å²) in [4.78, 5) is 37.5. The average Bonchev–Trinajstić information content (AvgIpc) is 2.80. The Balaban J connectivity index is 0.00000225. The van der Waals surface area contributed by atoms with Gasteiger partial charge in [-0.25, -0.2) is 4.79 Å². The van der Waals surface area contributed by atoms with Gasteiger partial charge >= 0.3 is 43.7 Å². The van der Waals surface area contributed by atoms with Crippen LogP contribution in [-0.4, -0.2) is 87.7 Å². The fourth-order valence-corrected chi connectivity index (χ4v) is 4.83. The van der Waals surface area contributed by atoms with Crippen molar-refractivity contribution in [2.45, 2.75) is 42.1 Å². The van der Waals surface area contributed by atoms with Crippen LogP contribution in [0.15, 0.2) is 30.3 Å². The summed E-state index contributed by atoms with van der Waals surface area (Å²) in [6.07, 6.45) is 0. The zero-order chi connectivity index (χ0) is 17.6. The molecule has 0 unspecified atom stereocenters. The zero-order valence-corrected chi connectivity index (χ0v) is 14.1. The Bertz CT molecular complexity index is 700. The molecule has 2 fully saturated rings. The fraction of sp³-hybridized carbons (Fsp3) is 0.438. The number of β-lactam (4-membered cyclic amide) rings is 1. The van der Waals surface area contributed by atoms with Crippen molar-refractivity contribution in [2.24, 2.45) is 5.73 Å². The second-order valence-corrected chi connectivity index (χ2v) is 8.24. The van der Waals surface area contributed by atoms with E-state index in [9.17, 15) is 19.5 Å². The van der Waals surface area contributed by atoms with Crippen LogP contribution in [-0.2, 0) is 14.4 Å². The van der Waals surface area contributed by atoms with E-state index in [0.717, 1.165) is 0 Å². The Morgan fingerprint density at radius 3 is 2.48 bits per heavy atom. The first kappa shape index (κ1) is 20.5. The van der Waals surface area contributed by atoms with Crippen LogP contribution in [0.25, 0.3) is 0 Å². The van der Waals surface area contributed by atoms with Gasteiger partial charge in [0, 0.05) is 4.75 Å². The van der Waals surface area contributed by atoms with Crippen molar-refractivity contribution in [1.82, 2.24) is 10.2 Å².